The molecule has 140 valence electrons. The standard InChI is InChI=1S/C14H20F3N5O3/c1-22-11(7-9(21-22)8-25-14(15,16)17)13(23)19-12(20-18)5-4-10-3-2-6-24-10/h5,7,10,20H,2-4,6,8,18H2,1H3,(H,19,23)/b12-5-/t10-/m0/s1. The lowest BCUT2D eigenvalue weighted by molar-refractivity contribution is -0.330. The largest absolute Gasteiger partial charge is 0.522 e. The molecular formula is C14H20F3N5O3. The lowest BCUT2D eigenvalue weighted by atomic mass is 10.2. The average molecular weight is 363 g/mol. The van der Waals surface area contributed by atoms with Crippen molar-refractivity contribution in [3.8, 4) is 0 Å². The number of nitrogens with one attached hydrogen (secondary N) is 2. The van der Waals surface area contributed by atoms with Gasteiger partial charge in [0.25, 0.3) is 5.91 Å². The second-order valence-corrected chi connectivity index (χ2v) is 5.47. The Morgan fingerprint density at radius 2 is 2.36 bits per heavy atom. The zero-order chi connectivity index (χ0) is 18.4. The van der Waals surface area contributed by atoms with Gasteiger partial charge in [0.05, 0.1) is 11.8 Å². The number of carbonyl (C=O) groups excluding carboxylic acids is 1. The molecule has 0 saturated carbocycles. The minimum Gasteiger partial charge on any atom is -0.378 e. The van der Waals surface area contributed by atoms with Crippen molar-refractivity contribution in [1.29, 1.82) is 0 Å². The molecule has 1 amide bonds. The summed E-state index contributed by atoms with van der Waals surface area (Å²) in [5.41, 5.74) is 2.42. The Labute approximate surface area is 142 Å². The van der Waals surface area contributed by atoms with E-state index in [1.807, 2.05) is 0 Å². The third-order valence-corrected chi connectivity index (χ3v) is 3.56. The second kappa shape index (κ2) is 8.32. The number of hydrogen-bond donors (Lipinski definition) is 3. The van der Waals surface area contributed by atoms with Crippen LogP contribution >= 0.6 is 0 Å². The third kappa shape index (κ3) is 6.03. The van der Waals surface area contributed by atoms with Gasteiger partial charge in [0.2, 0.25) is 0 Å². The molecule has 1 aromatic rings. The van der Waals surface area contributed by atoms with Crippen molar-refractivity contribution in [1.82, 2.24) is 20.5 Å². The molecule has 0 radical (unpaired) electrons. The van der Waals surface area contributed by atoms with Crippen molar-refractivity contribution in [2.24, 2.45) is 12.9 Å². The topological polar surface area (TPSA) is 103 Å². The van der Waals surface area contributed by atoms with E-state index >= 15 is 0 Å². The molecule has 0 spiro atoms. The predicted molar refractivity (Wildman–Crippen MR) is 80.5 cm³/mol. The van der Waals surface area contributed by atoms with E-state index < -0.39 is 18.9 Å². The molecule has 1 aliphatic heterocycles. The fourth-order valence-electron chi connectivity index (χ4n) is 2.38. The molecule has 0 unspecified atom stereocenters. The first-order chi connectivity index (χ1) is 11.8. The third-order valence-electron chi connectivity index (χ3n) is 3.56. The van der Waals surface area contributed by atoms with Crippen molar-refractivity contribution in [3.05, 3.63) is 29.4 Å². The summed E-state index contributed by atoms with van der Waals surface area (Å²) in [6.07, 6.45) is -0.473. The summed E-state index contributed by atoms with van der Waals surface area (Å²) in [5, 5.41) is 6.36. The molecule has 1 aromatic heterocycles. The number of aromatic nitrogens is 2. The van der Waals surface area contributed by atoms with E-state index in [1.54, 1.807) is 6.08 Å². The van der Waals surface area contributed by atoms with Gasteiger partial charge < -0.3 is 15.5 Å². The highest BCUT2D eigenvalue weighted by molar-refractivity contribution is 5.93. The Morgan fingerprint density at radius 3 is 2.96 bits per heavy atom. The van der Waals surface area contributed by atoms with Gasteiger partial charge in [-0.25, -0.2) is 5.84 Å². The fraction of sp³-hybridized carbons (Fsp3) is 0.571. The first kappa shape index (κ1) is 19.2. The lowest BCUT2D eigenvalue weighted by Gasteiger charge is -2.11. The van der Waals surface area contributed by atoms with E-state index in [-0.39, 0.29) is 23.3 Å². The zero-order valence-electron chi connectivity index (χ0n) is 13.6. The fourth-order valence-corrected chi connectivity index (χ4v) is 2.38. The minimum atomic E-state index is -4.76. The van der Waals surface area contributed by atoms with Crippen LogP contribution in [0.1, 0.15) is 35.4 Å². The number of nitrogens with two attached hydrogens (primary N) is 1. The van der Waals surface area contributed by atoms with Gasteiger partial charge in [0.1, 0.15) is 18.1 Å². The molecule has 1 fully saturated rings. The van der Waals surface area contributed by atoms with Gasteiger partial charge >= 0.3 is 6.36 Å². The number of alkyl halides is 3. The van der Waals surface area contributed by atoms with Crippen LogP contribution in [0.5, 0.6) is 0 Å². The smallest absolute Gasteiger partial charge is 0.378 e. The van der Waals surface area contributed by atoms with E-state index in [9.17, 15) is 18.0 Å². The molecule has 8 nitrogen and oxygen atoms in total. The van der Waals surface area contributed by atoms with E-state index in [0.717, 1.165) is 12.8 Å². The van der Waals surface area contributed by atoms with Crippen LogP contribution in [-0.2, 0) is 23.1 Å². The Kier molecular flexibility index (Phi) is 6.39. The second-order valence-electron chi connectivity index (χ2n) is 5.47. The Balaban J connectivity index is 1.96. The van der Waals surface area contributed by atoms with Gasteiger partial charge in [-0.15, -0.1) is 13.2 Å². The molecular weight excluding hydrogens is 343 g/mol. The van der Waals surface area contributed by atoms with Crippen LogP contribution in [0.3, 0.4) is 0 Å². The van der Waals surface area contributed by atoms with E-state index in [1.165, 1.54) is 17.8 Å². The van der Waals surface area contributed by atoms with Crippen LogP contribution in [0.4, 0.5) is 13.2 Å². The summed E-state index contributed by atoms with van der Waals surface area (Å²) in [5.74, 6) is 5.09. The molecule has 1 aliphatic rings. The first-order valence-corrected chi connectivity index (χ1v) is 7.62. The van der Waals surface area contributed by atoms with Crippen molar-refractivity contribution in [3.63, 3.8) is 0 Å². The monoisotopic (exact) mass is 363 g/mol. The lowest BCUT2D eigenvalue weighted by Crippen LogP contribution is -2.36. The molecule has 4 N–H and O–H groups in total. The molecule has 0 aromatic carbocycles. The summed E-state index contributed by atoms with van der Waals surface area (Å²) in [4.78, 5) is 12.2. The SMILES string of the molecule is Cn1nc(COC(F)(F)F)cc1C(=O)N/C(=C/C[C@@H]1CCCO1)NN. The summed E-state index contributed by atoms with van der Waals surface area (Å²) in [7, 11) is 1.44. The predicted octanol–water partition coefficient (Wildman–Crippen LogP) is 1.06. The zero-order valence-corrected chi connectivity index (χ0v) is 13.6. The minimum absolute atomic E-state index is 0.0180. The normalized spacial score (nSPS) is 18.4. The van der Waals surface area contributed by atoms with E-state index in [0.29, 0.717) is 13.0 Å². The number of ether oxygens (including phenoxy) is 2. The number of hydrogen-bond acceptors (Lipinski definition) is 6. The number of nitrogens with zero attached hydrogens (tertiary/aromatic N) is 2. The molecule has 25 heavy (non-hydrogen) atoms. The summed E-state index contributed by atoms with van der Waals surface area (Å²) in [6, 6.07) is 1.22. The Morgan fingerprint density at radius 1 is 1.60 bits per heavy atom. The maximum Gasteiger partial charge on any atom is 0.522 e. The molecule has 0 aliphatic carbocycles. The maximum atomic E-state index is 12.2. The molecule has 1 saturated heterocycles. The number of hydrazine groups is 1. The molecule has 1 atom stereocenters. The molecule has 2 heterocycles. The molecule has 2 rings (SSSR count). The van der Waals surface area contributed by atoms with Crippen LogP contribution in [-0.4, -0.2) is 34.8 Å². The highest BCUT2D eigenvalue weighted by atomic mass is 19.4. The Bertz CT molecular complexity index is 624. The van der Waals surface area contributed by atoms with Crippen LogP contribution in [0.2, 0.25) is 0 Å². The van der Waals surface area contributed by atoms with Crippen LogP contribution in [0.25, 0.3) is 0 Å². The van der Waals surface area contributed by atoms with Gasteiger partial charge in [-0.05, 0) is 31.4 Å². The summed E-state index contributed by atoms with van der Waals surface area (Å²) < 4.78 is 46.5. The summed E-state index contributed by atoms with van der Waals surface area (Å²) in [6.45, 7) is -0.0600. The first-order valence-electron chi connectivity index (χ1n) is 7.62. The van der Waals surface area contributed by atoms with E-state index in [2.05, 4.69) is 20.6 Å². The van der Waals surface area contributed by atoms with Crippen molar-refractivity contribution < 1.29 is 27.4 Å². The maximum absolute atomic E-state index is 12.2. The highest BCUT2D eigenvalue weighted by Crippen LogP contribution is 2.19. The Hall–Kier alpha value is -2.11. The molecule has 0 bridgehead atoms. The highest BCUT2D eigenvalue weighted by Gasteiger charge is 2.29. The van der Waals surface area contributed by atoms with Gasteiger partial charge in [-0.1, -0.05) is 0 Å². The number of rotatable bonds is 7. The summed E-state index contributed by atoms with van der Waals surface area (Å²) >= 11 is 0. The van der Waals surface area contributed by atoms with Crippen LogP contribution in [0, 0.1) is 0 Å². The quantitative estimate of drug-likeness (QED) is 0.494. The number of halogens is 3. The van der Waals surface area contributed by atoms with Gasteiger partial charge in [-0.3, -0.25) is 14.2 Å². The van der Waals surface area contributed by atoms with Crippen molar-refractivity contribution in [2.45, 2.75) is 38.3 Å². The van der Waals surface area contributed by atoms with Crippen molar-refractivity contribution >= 4 is 5.91 Å². The van der Waals surface area contributed by atoms with Gasteiger partial charge in [0, 0.05) is 13.7 Å². The van der Waals surface area contributed by atoms with E-state index in [4.69, 9.17) is 10.6 Å². The number of aryl methyl sites for hydroxylation is 1. The van der Waals surface area contributed by atoms with Gasteiger partial charge in [-0.2, -0.15) is 5.10 Å². The van der Waals surface area contributed by atoms with Gasteiger partial charge in [0.15, 0.2) is 0 Å². The van der Waals surface area contributed by atoms with Crippen LogP contribution < -0.4 is 16.6 Å². The number of amides is 1. The van der Waals surface area contributed by atoms with Crippen molar-refractivity contribution in [2.75, 3.05) is 6.61 Å². The number of carbonyl (C=O) groups is 1. The molecule has 11 heteroatoms. The average Bonchev–Trinajstić information content (AvgIpc) is 3.18. The van der Waals surface area contributed by atoms with Crippen LogP contribution in [0.15, 0.2) is 18.0 Å².